The number of ether oxygens (including phenoxy) is 4. The summed E-state index contributed by atoms with van der Waals surface area (Å²) in [6, 6.07) is 12.4. The third kappa shape index (κ3) is 3.63. The molecule has 6 heteroatoms. The predicted molar refractivity (Wildman–Crippen MR) is 93.1 cm³/mol. The lowest BCUT2D eigenvalue weighted by Crippen LogP contribution is -2.05. The Kier molecular flexibility index (Phi) is 4.70. The molecule has 0 aromatic heterocycles. The van der Waals surface area contributed by atoms with E-state index in [1.807, 2.05) is 0 Å². The fraction of sp³-hybridized carbons (Fsp3) is 0.158. The molecular formula is C19H17NO5. The van der Waals surface area contributed by atoms with Gasteiger partial charge in [-0.2, -0.15) is 0 Å². The van der Waals surface area contributed by atoms with Crippen molar-refractivity contribution in [3.8, 4) is 17.2 Å². The summed E-state index contributed by atoms with van der Waals surface area (Å²) in [5.41, 5.74) is 1.63. The molecule has 0 N–H and O–H groups in total. The Hall–Kier alpha value is -3.28. The van der Waals surface area contributed by atoms with Crippen molar-refractivity contribution in [2.75, 3.05) is 21.3 Å². The monoisotopic (exact) mass is 339 g/mol. The van der Waals surface area contributed by atoms with Crippen LogP contribution in [0.2, 0.25) is 0 Å². The van der Waals surface area contributed by atoms with Gasteiger partial charge in [-0.05, 0) is 48.0 Å². The second-order valence-electron chi connectivity index (χ2n) is 5.21. The van der Waals surface area contributed by atoms with Gasteiger partial charge in [0.1, 0.15) is 17.2 Å². The van der Waals surface area contributed by atoms with Crippen LogP contribution in [0.5, 0.6) is 17.2 Å². The number of cyclic esters (lactones) is 1. The first kappa shape index (κ1) is 16.6. The van der Waals surface area contributed by atoms with Crippen LogP contribution in [0.3, 0.4) is 0 Å². The summed E-state index contributed by atoms with van der Waals surface area (Å²) in [6.07, 6.45) is 1.63. The summed E-state index contributed by atoms with van der Waals surface area (Å²) < 4.78 is 20.8. The van der Waals surface area contributed by atoms with Crippen molar-refractivity contribution in [2.45, 2.75) is 0 Å². The fourth-order valence-corrected chi connectivity index (χ4v) is 2.34. The average molecular weight is 339 g/mol. The second kappa shape index (κ2) is 7.09. The number of hydrogen-bond donors (Lipinski definition) is 0. The van der Waals surface area contributed by atoms with E-state index >= 15 is 0 Å². The number of methoxy groups -OCH3 is 3. The largest absolute Gasteiger partial charge is 0.497 e. The van der Waals surface area contributed by atoms with Crippen molar-refractivity contribution in [1.29, 1.82) is 0 Å². The number of nitrogens with zero attached hydrogens (tertiary/aromatic N) is 1. The van der Waals surface area contributed by atoms with E-state index in [1.54, 1.807) is 69.9 Å². The van der Waals surface area contributed by atoms with Crippen LogP contribution < -0.4 is 14.2 Å². The lowest BCUT2D eigenvalue weighted by Gasteiger charge is -2.05. The van der Waals surface area contributed by atoms with Gasteiger partial charge >= 0.3 is 5.97 Å². The maximum absolute atomic E-state index is 12.1. The van der Waals surface area contributed by atoms with Gasteiger partial charge in [0, 0.05) is 11.6 Å². The van der Waals surface area contributed by atoms with E-state index in [4.69, 9.17) is 18.9 Å². The first-order chi connectivity index (χ1) is 12.1. The summed E-state index contributed by atoms with van der Waals surface area (Å²) in [5.74, 6) is 1.71. The molecule has 6 nitrogen and oxygen atoms in total. The molecule has 1 aliphatic heterocycles. The Morgan fingerprint density at radius 2 is 1.48 bits per heavy atom. The zero-order chi connectivity index (χ0) is 17.8. The standard InChI is InChI=1S/C19H17NO5/c1-22-14-6-4-13(5-7-14)18-20-17(19(21)25-18)10-12-8-15(23-2)11-16(9-12)24-3/h4-11H,1-3H3/b17-10-. The van der Waals surface area contributed by atoms with Crippen LogP contribution in [0.1, 0.15) is 11.1 Å². The summed E-state index contributed by atoms with van der Waals surface area (Å²) in [6.45, 7) is 0. The Morgan fingerprint density at radius 1 is 0.880 bits per heavy atom. The Morgan fingerprint density at radius 3 is 2.04 bits per heavy atom. The molecule has 0 fully saturated rings. The van der Waals surface area contributed by atoms with Gasteiger partial charge in [-0.1, -0.05) is 0 Å². The second-order valence-corrected chi connectivity index (χ2v) is 5.21. The molecule has 0 atom stereocenters. The highest BCUT2D eigenvalue weighted by Crippen LogP contribution is 2.26. The van der Waals surface area contributed by atoms with Crippen LogP contribution >= 0.6 is 0 Å². The Labute approximate surface area is 145 Å². The SMILES string of the molecule is COc1ccc(C2=N/C(=C\c3cc(OC)cc(OC)c3)C(=O)O2)cc1. The first-order valence-corrected chi connectivity index (χ1v) is 7.53. The highest BCUT2D eigenvalue weighted by atomic mass is 16.6. The molecule has 2 aromatic carbocycles. The molecule has 25 heavy (non-hydrogen) atoms. The molecular weight excluding hydrogens is 322 g/mol. The maximum Gasteiger partial charge on any atom is 0.363 e. The number of carbonyl (C=O) groups excluding carboxylic acids is 1. The summed E-state index contributed by atoms with van der Waals surface area (Å²) >= 11 is 0. The van der Waals surface area contributed by atoms with E-state index < -0.39 is 5.97 Å². The van der Waals surface area contributed by atoms with E-state index in [0.717, 1.165) is 5.56 Å². The maximum atomic E-state index is 12.1. The van der Waals surface area contributed by atoms with Crippen molar-refractivity contribution < 1.29 is 23.7 Å². The molecule has 1 heterocycles. The minimum Gasteiger partial charge on any atom is -0.497 e. The van der Waals surface area contributed by atoms with Gasteiger partial charge in [-0.25, -0.2) is 9.79 Å². The highest BCUT2D eigenvalue weighted by Gasteiger charge is 2.24. The molecule has 0 bridgehead atoms. The lowest BCUT2D eigenvalue weighted by molar-refractivity contribution is -0.129. The van der Waals surface area contributed by atoms with E-state index in [2.05, 4.69) is 4.99 Å². The predicted octanol–water partition coefficient (Wildman–Crippen LogP) is 3.06. The minimum absolute atomic E-state index is 0.209. The van der Waals surface area contributed by atoms with Gasteiger partial charge < -0.3 is 18.9 Å². The normalized spacial score (nSPS) is 14.9. The molecule has 0 saturated heterocycles. The van der Waals surface area contributed by atoms with Crippen molar-refractivity contribution in [1.82, 2.24) is 0 Å². The van der Waals surface area contributed by atoms with Crippen LogP contribution in [0.15, 0.2) is 53.2 Å². The molecule has 0 aliphatic carbocycles. The zero-order valence-corrected chi connectivity index (χ0v) is 14.1. The molecule has 2 aromatic rings. The number of rotatable bonds is 5. The van der Waals surface area contributed by atoms with Crippen molar-refractivity contribution in [3.63, 3.8) is 0 Å². The van der Waals surface area contributed by atoms with E-state index in [0.29, 0.717) is 22.8 Å². The van der Waals surface area contributed by atoms with Crippen LogP contribution in [-0.2, 0) is 9.53 Å². The molecule has 1 aliphatic rings. The third-order valence-corrected chi connectivity index (χ3v) is 3.63. The molecule has 0 radical (unpaired) electrons. The van der Waals surface area contributed by atoms with E-state index in [9.17, 15) is 4.79 Å². The van der Waals surface area contributed by atoms with Crippen molar-refractivity contribution in [3.05, 3.63) is 59.3 Å². The topological polar surface area (TPSA) is 66.3 Å². The van der Waals surface area contributed by atoms with Gasteiger partial charge in [0.05, 0.1) is 21.3 Å². The fourth-order valence-electron chi connectivity index (χ4n) is 2.34. The van der Waals surface area contributed by atoms with Crippen LogP contribution in [0, 0.1) is 0 Å². The van der Waals surface area contributed by atoms with Crippen LogP contribution in [0.4, 0.5) is 0 Å². The number of carbonyl (C=O) groups is 1. The molecule has 0 unspecified atom stereocenters. The zero-order valence-electron chi connectivity index (χ0n) is 14.1. The van der Waals surface area contributed by atoms with Gasteiger partial charge in [-0.3, -0.25) is 0 Å². The van der Waals surface area contributed by atoms with Crippen molar-refractivity contribution >= 4 is 17.9 Å². The quantitative estimate of drug-likeness (QED) is 0.619. The van der Waals surface area contributed by atoms with Crippen LogP contribution in [-0.4, -0.2) is 33.2 Å². The molecule has 3 rings (SSSR count). The van der Waals surface area contributed by atoms with E-state index in [-0.39, 0.29) is 11.6 Å². The van der Waals surface area contributed by atoms with Crippen molar-refractivity contribution in [2.24, 2.45) is 4.99 Å². The third-order valence-electron chi connectivity index (χ3n) is 3.63. The number of aliphatic imine (C=N–C) groups is 1. The summed E-state index contributed by atoms with van der Waals surface area (Å²) in [5, 5.41) is 0. The Bertz CT molecular complexity index is 830. The van der Waals surface area contributed by atoms with Gasteiger partial charge in [0.2, 0.25) is 5.90 Å². The minimum atomic E-state index is -0.507. The van der Waals surface area contributed by atoms with Gasteiger partial charge in [0.25, 0.3) is 0 Å². The molecule has 0 spiro atoms. The number of hydrogen-bond acceptors (Lipinski definition) is 6. The van der Waals surface area contributed by atoms with E-state index in [1.165, 1.54) is 0 Å². The molecule has 0 saturated carbocycles. The number of benzene rings is 2. The van der Waals surface area contributed by atoms with Gasteiger partial charge in [-0.15, -0.1) is 0 Å². The smallest absolute Gasteiger partial charge is 0.363 e. The van der Waals surface area contributed by atoms with Gasteiger partial charge in [0.15, 0.2) is 5.70 Å². The summed E-state index contributed by atoms with van der Waals surface area (Å²) in [4.78, 5) is 16.4. The molecule has 0 amide bonds. The summed E-state index contributed by atoms with van der Waals surface area (Å²) in [7, 11) is 4.72. The average Bonchev–Trinajstić information content (AvgIpc) is 3.01. The first-order valence-electron chi connectivity index (χ1n) is 7.53. The molecule has 128 valence electrons. The van der Waals surface area contributed by atoms with Crippen LogP contribution in [0.25, 0.3) is 6.08 Å². The highest BCUT2D eigenvalue weighted by molar-refractivity contribution is 6.12. The lowest BCUT2D eigenvalue weighted by atomic mass is 10.1. The number of esters is 1. The Balaban J connectivity index is 1.92.